The van der Waals surface area contributed by atoms with Gasteiger partial charge in [0.1, 0.15) is 11.5 Å². The molecule has 2 aromatic rings. The van der Waals surface area contributed by atoms with Crippen molar-refractivity contribution in [2.45, 2.75) is 26.2 Å². The van der Waals surface area contributed by atoms with Crippen molar-refractivity contribution >= 4 is 23.2 Å². The summed E-state index contributed by atoms with van der Waals surface area (Å²) in [4.78, 5) is 24.1. The van der Waals surface area contributed by atoms with Crippen LogP contribution in [0.25, 0.3) is 0 Å². The van der Waals surface area contributed by atoms with Gasteiger partial charge < -0.3 is 20.5 Å². The molecule has 0 heterocycles. The second-order valence-corrected chi connectivity index (χ2v) is 6.62. The molecule has 0 aliphatic rings. The van der Waals surface area contributed by atoms with Crippen LogP contribution in [0.15, 0.2) is 42.5 Å². The van der Waals surface area contributed by atoms with Crippen LogP contribution in [0.4, 0.5) is 11.4 Å². The molecule has 0 saturated carbocycles. The molecule has 0 radical (unpaired) electrons. The zero-order valence-corrected chi connectivity index (χ0v) is 14.7. The summed E-state index contributed by atoms with van der Waals surface area (Å²) >= 11 is 0. The smallest absolute Gasteiger partial charge is 0.314 e. The van der Waals surface area contributed by atoms with Gasteiger partial charge in [0.2, 0.25) is 0 Å². The third kappa shape index (κ3) is 4.73. The van der Waals surface area contributed by atoms with Gasteiger partial charge in [-0.15, -0.1) is 0 Å². The Morgan fingerprint density at radius 1 is 1.00 bits per heavy atom. The third-order valence-corrected chi connectivity index (χ3v) is 3.63. The Kier molecular flexibility index (Phi) is 5.32. The van der Waals surface area contributed by atoms with E-state index < -0.39 is 11.8 Å². The minimum atomic E-state index is -0.840. The Morgan fingerprint density at radius 2 is 1.68 bits per heavy atom. The number of hydrogen-bond acceptors (Lipinski definition) is 4. The summed E-state index contributed by atoms with van der Waals surface area (Å²) in [5.41, 5.74) is 1.72. The predicted octanol–water partition coefficient (Wildman–Crippen LogP) is 3.28. The summed E-state index contributed by atoms with van der Waals surface area (Å²) in [5.74, 6) is -1.19. The monoisotopic (exact) mass is 342 g/mol. The summed E-state index contributed by atoms with van der Waals surface area (Å²) in [5, 5.41) is 14.4. The fraction of sp³-hybridized carbons (Fsp3) is 0.263. The maximum absolute atomic E-state index is 12.1. The number of methoxy groups -OCH3 is 1. The lowest BCUT2D eigenvalue weighted by atomic mass is 9.87. The molecule has 0 bridgehead atoms. The molecule has 0 unspecified atom stereocenters. The van der Waals surface area contributed by atoms with Crippen LogP contribution in [0.3, 0.4) is 0 Å². The van der Waals surface area contributed by atoms with Crippen LogP contribution >= 0.6 is 0 Å². The van der Waals surface area contributed by atoms with Gasteiger partial charge in [-0.25, -0.2) is 0 Å². The summed E-state index contributed by atoms with van der Waals surface area (Å²) in [6.07, 6.45) is 0. The third-order valence-electron chi connectivity index (χ3n) is 3.63. The van der Waals surface area contributed by atoms with Crippen molar-refractivity contribution in [1.82, 2.24) is 0 Å². The van der Waals surface area contributed by atoms with Crippen molar-refractivity contribution in [1.29, 1.82) is 0 Å². The Labute approximate surface area is 146 Å². The first-order valence-corrected chi connectivity index (χ1v) is 7.80. The van der Waals surface area contributed by atoms with Gasteiger partial charge in [0, 0.05) is 11.8 Å². The fourth-order valence-electron chi connectivity index (χ4n) is 2.21. The van der Waals surface area contributed by atoms with Gasteiger partial charge in [0.15, 0.2) is 0 Å². The van der Waals surface area contributed by atoms with Crippen LogP contribution < -0.4 is 15.4 Å². The van der Waals surface area contributed by atoms with Crippen LogP contribution in [-0.2, 0) is 15.0 Å². The molecule has 6 heteroatoms. The minimum Gasteiger partial charge on any atom is -0.508 e. The number of carbonyl (C=O) groups excluding carboxylic acids is 2. The second kappa shape index (κ2) is 7.25. The van der Waals surface area contributed by atoms with Crippen molar-refractivity contribution in [2.24, 2.45) is 0 Å². The summed E-state index contributed by atoms with van der Waals surface area (Å²) in [6, 6.07) is 11.4. The number of anilines is 2. The molecule has 132 valence electrons. The van der Waals surface area contributed by atoms with E-state index in [2.05, 4.69) is 31.4 Å². The van der Waals surface area contributed by atoms with Crippen molar-refractivity contribution in [3.8, 4) is 11.5 Å². The number of phenolic OH excluding ortho intramolecular Hbond substituents is 1. The van der Waals surface area contributed by atoms with Gasteiger partial charge in [0.05, 0.1) is 12.8 Å². The van der Waals surface area contributed by atoms with E-state index in [9.17, 15) is 14.7 Å². The highest BCUT2D eigenvalue weighted by Gasteiger charge is 2.19. The van der Waals surface area contributed by atoms with Crippen molar-refractivity contribution < 1.29 is 19.4 Å². The van der Waals surface area contributed by atoms with E-state index in [1.165, 1.54) is 19.2 Å². The van der Waals surface area contributed by atoms with E-state index in [0.29, 0.717) is 17.1 Å². The summed E-state index contributed by atoms with van der Waals surface area (Å²) < 4.78 is 5.32. The van der Waals surface area contributed by atoms with E-state index in [0.717, 1.165) is 5.56 Å². The molecule has 0 aliphatic heterocycles. The first-order valence-electron chi connectivity index (χ1n) is 7.80. The number of benzene rings is 2. The molecule has 0 saturated heterocycles. The maximum atomic E-state index is 12.1. The number of amides is 2. The van der Waals surface area contributed by atoms with Crippen LogP contribution in [0, 0.1) is 0 Å². The Hall–Kier alpha value is -3.02. The molecule has 2 rings (SSSR count). The molecule has 0 fully saturated rings. The lowest BCUT2D eigenvalue weighted by Gasteiger charge is -2.21. The molecule has 2 amide bonds. The predicted molar refractivity (Wildman–Crippen MR) is 97.1 cm³/mol. The van der Waals surface area contributed by atoms with Crippen molar-refractivity contribution in [3.63, 3.8) is 0 Å². The standard InChI is InChI=1S/C19H22N2O4/c1-19(2,3)12-8-9-15(16(10-12)25-4)21-18(24)17(23)20-13-6-5-7-14(22)11-13/h5-11,22H,1-4H3,(H,20,23)(H,21,24). The molecule has 0 atom stereocenters. The number of nitrogens with one attached hydrogen (secondary N) is 2. The average molecular weight is 342 g/mol. The molecule has 0 aromatic heterocycles. The van der Waals surface area contributed by atoms with Crippen molar-refractivity contribution in [2.75, 3.05) is 17.7 Å². The number of hydrogen-bond donors (Lipinski definition) is 3. The Morgan fingerprint density at radius 3 is 2.28 bits per heavy atom. The van der Waals surface area contributed by atoms with Crippen molar-refractivity contribution in [3.05, 3.63) is 48.0 Å². The highest BCUT2D eigenvalue weighted by Crippen LogP contribution is 2.31. The zero-order valence-electron chi connectivity index (χ0n) is 14.7. The molecule has 2 aromatic carbocycles. The van der Waals surface area contributed by atoms with E-state index in [1.54, 1.807) is 18.2 Å². The molecular formula is C19H22N2O4. The zero-order chi connectivity index (χ0) is 18.6. The fourth-order valence-corrected chi connectivity index (χ4v) is 2.21. The van der Waals surface area contributed by atoms with Gasteiger partial charge in [0.25, 0.3) is 0 Å². The summed E-state index contributed by atoms with van der Waals surface area (Å²) in [7, 11) is 1.50. The van der Waals surface area contributed by atoms with Crippen LogP contribution in [0.2, 0.25) is 0 Å². The van der Waals surface area contributed by atoms with Gasteiger partial charge in [-0.3, -0.25) is 9.59 Å². The molecule has 0 spiro atoms. The lowest BCUT2D eigenvalue weighted by molar-refractivity contribution is -0.133. The number of ether oxygens (including phenoxy) is 1. The largest absolute Gasteiger partial charge is 0.508 e. The van der Waals surface area contributed by atoms with Gasteiger partial charge in [-0.05, 0) is 35.2 Å². The van der Waals surface area contributed by atoms with Crippen LogP contribution in [0.5, 0.6) is 11.5 Å². The normalized spacial score (nSPS) is 10.9. The highest BCUT2D eigenvalue weighted by molar-refractivity contribution is 6.43. The number of phenols is 1. The Bertz CT molecular complexity index is 794. The second-order valence-electron chi connectivity index (χ2n) is 6.62. The summed E-state index contributed by atoms with van der Waals surface area (Å²) in [6.45, 7) is 6.22. The molecule has 6 nitrogen and oxygen atoms in total. The highest BCUT2D eigenvalue weighted by atomic mass is 16.5. The van der Waals surface area contributed by atoms with Gasteiger partial charge in [-0.2, -0.15) is 0 Å². The quantitative estimate of drug-likeness (QED) is 0.747. The topological polar surface area (TPSA) is 87.7 Å². The van der Waals surface area contributed by atoms with E-state index in [4.69, 9.17) is 4.74 Å². The first kappa shape index (κ1) is 18.3. The molecule has 3 N–H and O–H groups in total. The van der Waals surface area contributed by atoms with E-state index >= 15 is 0 Å². The molecule has 25 heavy (non-hydrogen) atoms. The molecule has 0 aliphatic carbocycles. The van der Waals surface area contributed by atoms with Gasteiger partial charge in [-0.1, -0.05) is 32.9 Å². The number of rotatable bonds is 3. The number of aromatic hydroxyl groups is 1. The van der Waals surface area contributed by atoms with E-state index in [1.807, 2.05) is 12.1 Å². The van der Waals surface area contributed by atoms with Gasteiger partial charge >= 0.3 is 11.8 Å². The van der Waals surface area contributed by atoms with Crippen LogP contribution in [0.1, 0.15) is 26.3 Å². The van der Waals surface area contributed by atoms with E-state index in [-0.39, 0.29) is 11.2 Å². The first-order chi connectivity index (χ1) is 11.7. The maximum Gasteiger partial charge on any atom is 0.314 e. The Balaban J connectivity index is 2.13. The SMILES string of the molecule is COc1cc(C(C)(C)C)ccc1NC(=O)C(=O)Nc1cccc(O)c1. The van der Waals surface area contributed by atoms with Crippen LogP contribution in [-0.4, -0.2) is 24.0 Å². The lowest BCUT2D eigenvalue weighted by Crippen LogP contribution is -2.29. The molecular weight excluding hydrogens is 320 g/mol. The minimum absolute atomic E-state index is 0.00218. The number of carbonyl (C=O) groups is 2. The average Bonchev–Trinajstić information content (AvgIpc) is 2.54.